The Morgan fingerprint density at radius 3 is 2.84 bits per heavy atom. The van der Waals surface area contributed by atoms with Crippen LogP contribution in [0.2, 0.25) is 5.02 Å². The Morgan fingerprint density at radius 2 is 2.16 bits per heavy atom. The summed E-state index contributed by atoms with van der Waals surface area (Å²) in [4.78, 5) is 16.0. The van der Waals surface area contributed by atoms with E-state index < -0.39 is 16.1 Å². The van der Waals surface area contributed by atoms with Crippen LogP contribution < -0.4 is 15.8 Å². The van der Waals surface area contributed by atoms with Crippen LogP contribution in [0.15, 0.2) is 35.5 Å². The number of benzene rings is 1. The molecule has 1 aromatic heterocycles. The molecule has 8 nitrogen and oxygen atoms in total. The van der Waals surface area contributed by atoms with Gasteiger partial charge in [-0.05, 0) is 24.6 Å². The monoisotopic (exact) mass is 385 g/mol. The highest BCUT2D eigenvalue weighted by Gasteiger charge is 2.12. The Morgan fingerprint density at radius 1 is 1.40 bits per heavy atom. The van der Waals surface area contributed by atoms with Gasteiger partial charge in [-0.15, -0.1) is 0 Å². The highest BCUT2D eigenvalue weighted by Crippen LogP contribution is 2.24. The molecule has 25 heavy (non-hydrogen) atoms. The van der Waals surface area contributed by atoms with Gasteiger partial charge < -0.3 is 15.2 Å². The molecule has 0 saturated carbocycles. The van der Waals surface area contributed by atoms with E-state index in [0.29, 0.717) is 6.54 Å². The predicted octanol–water partition coefficient (Wildman–Crippen LogP) is 1.96. The average molecular weight is 386 g/mol. The minimum atomic E-state index is -3.87. The van der Waals surface area contributed by atoms with Crippen LogP contribution in [-0.4, -0.2) is 30.5 Å². The molecule has 136 valence electrons. The van der Waals surface area contributed by atoms with E-state index in [1.807, 2.05) is 17.7 Å². The van der Waals surface area contributed by atoms with Crippen molar-refractivity contribution in [3.8, 4) is 0 Å². The van der Waals surface area contributed by atoms with Crippen molar-refractivity contribution >= 4 is 33.3 Å². The molecule has 4 N–H and O–H groups in total. The van der Waals surface area contributed by atoms with E-state index in [0.717, 1.165) is 25.2 Å². The fourth-order valence-electron chi connectivity index (χ4n) is 2.25. The van der Waals surface area contributed by atoms with E-state index in [9.17, 15) is 13.2 Å². The maximum Gasteiger partial charge on any atom is 0.319 e. The molecule has 0 saturated heterocycles. The Hall–Kier alpha value is -2.10. The number of imidazole rings is 1. The third-order valence-electron chi connectivity index (χ3n) is 3.49. The number of amides is 2. The molecule has 0 aliphatic heterocycles. The summed E-state index contributed by atoms with van der Waals surface area (Å²) in [6.07, 6.45) is 5.22. The van der Waals surface area contributed by atoms with E-state index >= 15 is 0 Å². The van der Waals surface area contributed by atoms with Crippen molar-refractivity contribution in [2.75, 3.05) is 11.9 Å². The topological polar surface area (TPSA) is 119 Å². The molecule has 2 amide bonds. The number of sulfonamides is 1. The summed E-state index contributed by atoms with van der Waals surface area (Å²) in [5, 5.41) is 10.5. The van der Waals surface area contributed by atoms with Gasteiger partial charge in [-0.2, -0.15) is 0 Å². The number of aromatic nitrogens is 2. The highest BCUT2D eigenvalue weighted by molar-refractivity contribution is 7.89. The first kappa shape index (κ1) is 19.2. The quantitative estimate of drug-likeness (QED) is 0.631. The molecule has 0 atom stereocenters. The number of hydrogen-bond donors (Lipinski definition) is 3. The molecule has 0 aliphatic rings. The molecule has 2 rings (SSSR count). The Kier molecular flexibility index (Phi) is 6.40. The lowest BCUT2D eigenvalue weighted by molar-refractivity contribution is 0.252. The number of halogens is 1. The highest BCUT2D eigenvalue weighted by atomic mass is 35.5. The zero-order valence-electron chi connectivity index (χ0n) is 13.7. The van der Waals surface area contributed by atoms with Gasteiger partial charge in [0.2, 0.25) is 10.0 Å². The van der Waals surface area contributed by atoms with Gasteiger partial charge in [-0.1, -0.05) is 18.5 Å². The molecule has 0 aliphatic carbocycles. The number of nitrogens with one attached hydrogen (secondary N) is 2. The largest absolute Gasteiger partial charge is 0.338 e. The zero-order chi connectivity index (χ0) is 18.4. The number of carbonyl (C=O) groups is 1. The van der Waals surface area contributed by atoms with Crippen LogP contribution >= 0.6 is 11.6 Å². The number of nitrogens with zero attached hydrogens (tertiary/aromatic N) is 2. The first-order chi connectivity index (χ1) is 11.8. The summed E-state index contributed by atoms with van der Waals surface area (Å²) < 4.78 is 24.7. The molecule has 0 spiro atoms. The fraction of sp³-hybridized carbons (Fsp3) is 0.333. The Balaban J connectivity index is 1.86. The number of carbonyl (C=O) groups excluding carboxylic acids is 1. The first-order valence-corrected chi connectivity index (χ1v) is 9.61. The van der Waals surface area contributed by atoms with Gasteiger partial charge in [0.05, 0.1) is 15.6 Å². The van der Waals surface area contributed by atoms with E-state index in [-0.39, 0.29) is 15.6 Å². The van der Waals surface area contributed by atoms with Crippen molar-refractivity contribution in [2.24, 2.45) is 5.14 Å². The van der Waals surface area contributed by atoms with E-state index in [2.05, 4.69) is 15.6 Å². The fourth-order valence-corrected chi connectivity index (χ4v) is 2.96. The first-order valence-electron chi connectivity index (χ1n) is 7.68. The lowest BCUT2D eigenvalue weighted by atomic mass is 10.3. The molecular formula is C15H20ClN5O3S. The molecule has 10 heteroatoms. The second-order valence-corrected chi connectivity index (χ2v) is 7.28. The molecule has 1 aromatic carbocycles. The maximum absolute atomic E-state index is 11.9. The molecule has 0 radical (unpaired) electrons. The summed E-state index contributed by atoms with van der Waals surface area (Å²) in [6.45, 7) is 3.22. The van der Waals surface area contributed by atoms with Gasteiger partial charge in [0.25, 0.3) is 0 Å². The van der Waals surface area contributed by atoms with E-state index in [1.54, 1.807) is 6.20 Å². The normalized spacial score (nSPS) is 11.3. The van der Waals surface area contributed by atoms with Crippen molar-refractivity contribution in [1.82, 2.24) is 14.9 Å². The maximum atomic E-state index is 11.9. The van der Waals surface area contributed by atoms with Crippen molar-refractivity contribution in [1.29, 1.82) is 0 Å². The smallest absolute Gasteiger partial charge is 0.319 e. The number of rotatable bonds is 7. The Bertz CT molecular complexity index is 851. The summed E-state index contributed by atoms with van der Waals surface area (Å²) in [6, 6.07) is 3.38. The van der Waals surface area contributed by atoms with E-state index in [1.165, 1.54) is 18.2 Å². The van der Waals surface area contributed by atoms with Crippen LogP contribution in [0.1, 0.15) is 19.2 Å². The van der Waals surface area contributed by atoms with Crippen LogP contribution in [-0.2, 0) is 23.0 Å². The lowest BCUT2D eigenvalue weighted by Gasteiger charge is -2.11. The van der Waals surface area contributed by atoms with Gasteiger partial charge in [-0.25, -0.2) is 23.3 Å². The minimum Gasteiger partial charge on any atom is -0.338 e. The van der Waals surface area contributed by atoms with Crippen molar-refractivity contribution < 1.29 is 13.2 Å². The molecule has 0 fully saturated rings. The van der Waals surface area contributed by atoms with Crippen molar-refractivity contribution in [3.63, 3.8) is 0 Å². The number of hydrogen-bond acceptors (Lipinski definition) is 4. The molecule has 0 bridgehead atoms. The summed E-state index contributed by atoms with van der Waals surface area (Å²) in [7, 11) is -3.87. The minimum absolute atomic E-state index is 0.126. The number of primary sulfonamides is 1. The van der Waals surface area contributed by atoms with Gasteiger partial charge in [-0.3, -0.25) is 0 Å². The third kappa shape index (κ3) is 5.45. The molecular weight excluding hydrogens is 366 g/mol. The van der Waals surface area contributed by atoms with E-state index in [4.69, 9.17) is 16.7 Å². The van der Waals surface area contributed by atoms with Gasteiger partial charge in [0.15, 0.2) is 0 Å². The van der Waals surface area contributed by atoms with Crippen LogP contribution in [0.5, 0.6) is 0 Å². The Labute approximate surface area is 151 Å². The summed E-state index contributed by atoms with van der Waals surface area (Å²) >= 11 is 5.96. The van der Waals surface area contributed by atoms with Crippen LogP contribution in [0, 0.1) is 0 Å². The average Bonchev–Trinajstić information content (AvgIpc) is 3.00. The summed E-state index contributed by atoms with van der Waals surface area (Å²) in [5.74, 6) is 0.996. The third-order valence-corrected chi connectivity index (χ3v) is 4.73. The summed E-state index contributed by atoms with van der Waals surface area (Å²) in [5.41, 5.74) is 0.175. The van der Waals surface area contributed by atoms with Gasteiger partial charge in [0, 0.05) is 31.9 Å². The molecule has 0 unspecified atom stereocenters. The predicted molar refractivity (Wildman–Crippen MR) is 96.1 cm³/mol. The molecule has 1 heterocycles. The second-order valence-electron chi connectivity index (χ2n) is 5.31. The number of nitrogens with two attached hydrogens (primary N) is 1. The standard InChI is InChI=1S/C15H20ClN5O3S/c1-2-14-18-7-9-21(14)8-3-6-19-15(22)20-13-10-11(25(17,23)24)4-5-12(13)16/h4-5,7,9-10H,2-3,6,8H2,1H3,(H2,17,23,24)(H2,19,20,22). The van der Waals surface area contributed by atoms with Gasteiger partial charge in [0.1, 0.15) is 5.82 Å². The number of anilines is 1. The van der Waals surface area contributed by atoms with Gasteiger partial charge >= 0.3 is 6.03 Å². The van der Waals surface area contributed by atoms with Crippen LogP contribution in [0.4, 0.5) is 10.5 Å². The zero-order valence-corrected chi connectivity index (χ0v) is 15.3. The second kappa shape index (κ2) is 8.32. The van der Waals surface area contributed by atoms with Crippen molar-refractivity contribution in [3.05, 3.63) is 41.4 Å². The number of aryl methyl sites for hydroxylation is 2. The SMILES string of the molecule is CCc1nccn1CCCNC(=O)Nc1cc(S(N)(=O)=O)ccc1Cl. The number of urea groups is 1. The van der Waals surface area contributed by atoms with Crippen LogP contribution in [0.25, 0.3) is 0 Å². The lowest BCUT2D eigenvalue weighted by Crippen LogP contribution is -2.30. The van der Waals surface area contributed by atoms with Crippen LogP contribution in [0.3, 0.4) is 0 Å². The van der Waals surface area contributed by atoms with Crippen molar-refractivity contribution in [2.45, 2.75) is 31.2 Å². The molecule has 2 aromatic rings.